The van der Waals surface area contributed by atoms with E-state index in [4.69, 9.17) is 10.8 Å². The molecule has 0 aliphatic heterocycles. The number of carbonyl (C=O) groups is 3. The summed E-state index contributed by atoms with van der Waals surface area (Å²) in [6.45, 7) is 4.01. The smallest absolute Gasteiger partial charge is 0.327 e. The second-order valence-electron chi connectivity index (χ2n) is 3.51. The van der Waals surface area contributed by atoms with Crippen molar-refractivity contribution in [1.82, 2.24) is 4.90 Å². The molecule has 0 rings (SSSR count). The molecule has 2 amide bonds. The summed E-state index contributed by atoms with van der Waals surface area (Å²) in [5.74, 6) is -2.85. The second kappa shape index (κ2) is 5.45. The first-order valence-corrected chi connectivity index (χ1v) is 4.58. The summed E-state index contributed by atoms with van der Waals surface area (Å²) in [6.07, 6.45) is 0. The van der Waals surface area contributed by atoms with E-state index in [0.717, 1.165) is 6.92 Å². The van der Waals surface area contributed by atoms with Crippen molar-refractivity contribution >= 4 is 17.8 Å². The van der Waals surface area contributed by atoms with Gasteiger partial charge in [0.05, 0.1) is 6.54 Å². The molecule has 15 heavy (non-hydrogen) atoms. The summed E-state index contributed by atoms with van der Waals surface area (Å²) < 4.78 is 0. The van der Waals surface area contributed by atoms with Crippen LogP contribution in [0.4, 0.5) is 0 Å². The van der Waals surface area contributed by atoms with E-state index in [9.17, 15) is 14.4 Å². The third-order valence-electron chi connectivity index (χ3n) is 1.95. The van der Waals surface area contributed by atoms with E-state index in [1.165, 1.54) is 0 Å². The van der Waals surface area contributed by atoms with Gasteiger partial charge in [0.1, 0.15) is 6.04 Å². The number of aliphatic carboxylic acids is 1. The predicted octanol–water partition coefficient (Wildman–Crippen LogP) is -0.571. The Bertz CT molecular complexity index is 275. The molecule has 0 heterocycles. The van der Waals surface area contributed by atoms with E-state index in [1.54, 1.807) is 13.8 Å². The van der Waals surface area contributed by atoms with Gasteiger partial charge in [-0.2, -0.15) is 0 Å². The van der Waals surface area contributed by atoms with Crippen molar-refractivity contribution < 1.29 is 19.5 Å². The quantitative estimate of drug-likeness (QED) is 0.655. The number of hydrogen-bond acceptors (Lipinski definition) is 4. The first-order chi connectivity index (χ1) is 6.82. The van der Waals surface area contributed by atoms with Crippen LogP contribution in [0.2, 0.25) is 0 Å². The van der Waals surface area contributed by atoms with E-state index in [0.29, 0.717) is 4.90 Å². The monoisotopic (exact) mass is 216 g/mol. The minimum absolute atomic E-state index is 0.359. The van der Waals surface area contributed by atoms with Gasteiger partial charge in [0, 0.05) is 6.92 Å². The molecule has 1 unspecified atom stereocenters. The van der Waals surface area contributed by atoms with Crippen LogP contribution < -0.4 is 5.73 Å². The molecule has 0 saturated heterocycles. The number of carboxylic acid groups (broad SMARTS) is 1. The van der Waals surface area contributed by atoms with Crippen LogP contribution in [-0.4, -0.2) is 40.4 Å². The molecule has 0 spiro atoms. The molecule has 1 atom stereocenters. The maximum Gasteiger partial charge on any atom is 0.327 e. The van der Waals surface area contributed by atoms with Crippen LogP contribution in [0, 0.1) is 5.92 Å². The molecule has 0 fully saturated rings. The van der Waals surface area contributed by atoms with Gasteiger partial charge in [-0.05, 0) is 5.92 Å². The number of amides is 2. The van der Waals surface area contributed by atoms with Gasteiger partial charge in [0.2, 0.25) is 11.8 Å². The first-order valence-electron chi connectivity index (χ1n) is 4.58. The maximum absolute atomic E-state index is 11.3. The van der Waals surface area contributed by atoms with Gasteiger partial charge < -0.3 is 10.8 Å². The van der Waals surface area contributed by atoms with Crippen molar-refractivity contribution in [3.8, 4) is 0 Å². The molecule has 0 aromatic carbocycles. The fourth-order valence-electron chi connectivity index (χ4n) is 1.32. The molecular weight excluding hydrogens is 200 g/mol. The summed E-state index contributed by atoms with van der Waals surface area (Å²) in [5.41, 5.74) is 5.11. The Morgan fingerprint density at radius 2 is 1.80 bits per heavy atom. The van der Waals surface area contributed by atoms with E-state index in [-0.39, 0.29) is 12.5 Å². The Labute approximate surface area is 88.0 Å². The van der Waals surface area contributed by atoms with Gasteiger partial charge in [0.15, 0.2) is 0 Å². The highest BCUT2D eigenvalue weighted by atomic mass is 16.4. The molecule has 0 bridgehead atoms. The Hall–Kier alpha value is -1.43. The average Bonchev–Trinajstić information content (AvgIpc) is 2.10. The zero-order valence-electron chi connectivity index (χ0n) is 9.06. The minimum atomic E-state index is -1.21. The molecule has 6 nitrogen and oxygen atoms in total. The molecule has 6 heteroatoms. The van der Waals surface area contributed by atoms with Crippen LogP contribution in [0.5, 0.6) is 0 Å². The molecule has 3 N–H and O–H groups in total. The number of nitrogens with zero attached hydrogens (tertiary/aromatic N) is 1. The standard InChI is InChI=1S/C9H16N2O4/c1-5(2)8(9(14)15)11(6(3)12)7(13)4-10/h5,8H,4,10H2,1-3H3,(H,14,15). The van der Waals surface area contributed by atoms with Crippen molar-refractivity contribution in [2.75, 3.05) is 6.54 Å². The van der Waals surface area contributed by atoms with Crippen molar-refractivity contribution in [2.45, 2.75) is 26.8 Å². The lowest BCUT2D eigenvalue weighted by Gasteiger charge is -2.28. The van der Waals surface area contributed by atoms with Crippen molar-refractivity contribution in [3.63, 3.8) is 0 Å². The van der Waals surface area contributed by atoms with Gasteiger partial charge in [0.25, 0.3) is 0 Å². The number of hydrogen-bond donors (Lipinski definition) is 2. The summed E-state index contributed by atoms with van der Waals surface area (Å²) >= 11 is 0. The third kappa shape index (κ3) is 3.32. The van der Waals surface area contributed by atoms with Gasteiger partial charge in [-0.25, -0.2) is 4.79 Å². The molecule has 0 aliphatic rings. The molecule has 0 saturated carbocycles. The highest BCUT2D eigenvalue weighted by Gasteiger charge is 2.34. The third-order valence-corrected chi connectivity index (χ3v) is 1.95. The molecular formula is C9H16N2O4. The lowest BCUT2D eigenvalue weighted by Crippen LogP contribution is -2.52. The Morgan fingerprint density at radius 1 is 1.33 bits per heavy atom. The van der Waals surface area contributed by atoms with Crippen LogP contribution in [0.25, 0.3) is 0 Å². The maximum atomic E-state index is 11.3. The summed E-state index contributed by atoms with van der Waals surface area (Å²) in [5, 5.41) is 8.92. The molecule has 86 valence electrons. The second-order valence-corrected chi connectivity index (χ2v) is 3.51. The van der Waals surface area contributed by atoms with Gasteiger partial charge >= 0.3 is 5.97 Å². The van der Waals surface area contributed by atoms with Crippen LogP contribution in [0.1, 0.15) is 20.8 Å². The Balaban J connectivity index is 5.10. The molecule has 0 aliphatic carbocycles. The van der Waals surface area contributed by atoms with E-state index < -0.39 is 23.8 Å². The van der Waals surface area contributed by atoms with E-state index in [1.807, 2.05) is 0 Å². The number of carboxylic acids is 1. The van der Waals surface area contributed by atoms with Crippen molar-refractivity contribution in [3.05, 3.63) is 0 Å². The van der Waals surface area contributed by atoms with E-state index in [2.05, 4.69) is 0 Å². The number of imide groups is 1. The molecule has 0 aromatic rings. The largest absolute Gasteiger partial charge is 0.480 e. The highest BCUT2D eigenvalue weighted by molar-refractivity contribution is 5.99. The van der Waals surface area contributed by atoms with Gasteiger partial charge in [-0.15, -0.1) is 0 Å². The fourth-order valence-corrected chi connectivity index (χ4v) is 1.32. The fraction of sp³-hybridized carbons (Fsp3) is 0.667. The van der Waals surface area contributed by atoms with Crippen molar-refractivity contribution in [1.29, 1.82) is 0 Å². The molecule has 0 aromatic heterocycles. The lowest BCUT2D eigenvalue weighted by atomic mass is 10.0. The summed E-state index contributed by atoms with van der Waals surface area (Å²) in [4.78, 5) is 34.1. The predicted molar refractivity (Wildman–Crippen MR) is 52.8 cm³/mol. The zero-order chi connectivity index (χ0) is 12.2. The van der Waals surface area contributed by atoms with Gasteiger partial charge in [-0.3, -0.25) is 14.5 Å². The van der Waals surface area contributed by atoms with Crippen LogP contribution in [-0.2, 0) is 14.4 Å². The Kier molecular flexibility index (Phi) is 4.93. The topological polar surface area (TPSA) is 101 Å². The lowest BCUT2D eigenvalue weighted by molar-refractivity contribution is -0.158. The van der Waals surface area contributed by atoms with E-state index >= 15 is 0 Å². The summed E-state index contributed by atoms with van der Waals surface area (Å²) in [7, 11) is 0. The number of nitrogens with two attached hydrogens (primary N) is 1. The van der Waals surface area contributed by atoms with Gasteiger partial charge in [-0.1, -0.05) is 13.8 Å². The average molecular weight is 216 g/mol. The zero-order valence-corrected chi connectivity index (χ0v) is 9.06. The van der Waals surface area contributed by atoms with Crippen molar-refractivity contribution in [2.24, 2.45) is 11.7 Å². The SMILES string of the molecule is CC(=O)N(C(=O)CN)C(C(=O)O)C(C)C. The number of rotatable bonds is 4. The normalized spacial score (nSPS) is 12.3. The highest BCUT2D eigenvalue weighted by Crippen LogP contribution is 2.11. The van der Waals surface area contributed by atoms with Crippen LogP contribution in [0.3, 0.4) is 0 Å². The number of carbonyl (C=O) groups excluding carboxylic acids is 2. The Morgan fingerprint density at radius 3 is 2.00 bits per heavy atom. The summed E-state index contributed by atoms with van der Waals surface area (Å²) in [6, 6.07) is -1.15. The van der Waals surface area contributed by atoms with Crippen LogP contribution >= 0.6 is 0 Å². The molecule has 0 radical (unpaired) electrons. The first kappa shape index (κ1) is 13.6. The van der Waals surface area contributed by atoms with Crippen LogP contribution in [0.15, 0.2) is 0 Å². The minimum Gasteiger partial charge on any atom is -0.480 e.